The largest absolute Gasteiger partial charge is 0.497 e. The fourth-order valence-corrected chi connectivity index (χ4v) is 1.75. The van der Waals surface area contributed by atoms with E-state index in [-0.39, 0.29) is 17.7 Å². The first kappa shape index (κ1) is 12.9. The average molecular weight is 262 g/mol. The Labute approximate surface area is 109 Å². The van der Waals surface area contributed by atoms with E-state index in [1.54, 1.807) is 25.3 Å². The van der Waals surface area contributed by atoms with Crippen molar-refractivity contribution in [2.24, 2.45) is 0 Å². The Morgan fingerprint density at radius 1 is 1.16 bits per heavy atom. The molecule has 0 aliphatic rings. The van der Waals surface area contributed by atoms with Crippen molar-refractivity contribution in [3.63, 3.8) is 0 Å². The number of benzene rings is 1. The summed E-state index contributed by atoms with van der Waals surface area (Å²) in [6, 6.07) is 5.18. The Balaban J connectivity index is 2.59. The van der Waals surface area contributed by atoms with Crippen LogP contribution >= 0.6 is 0 Å². The molecule has 2 aromatic rings. The molecular weight excluding hydrogens is 248 g/mol. The van der Waals surface area contributed by atoms with E-state index in [9.17, 15) is 9.59 Å². The molecule has 0 saturated heterocycles. The highest BCUT2D eigenvalue weighted by Crippen LogP contribution is 2.37. The number of methoxy groups -OCH3 is 1. The van der Waals surface area contributed by atoms with Crippen molar-refractivity contribution in [2.45, 2.75) is 13.8 Å². The van der Waals surface area contributed by atoms with Crippen LogP contribution in [0.2, 0.25) is 0 Å². The minimum atomic E-state index is -0.280. The molecule has 6 heteroatoms. The number of fused-ring (bicyclic) bond motifs is 1. The number of ether oxygens (including phenoxy) is 1. The van der Waals surface area contributed by atoms with Gasteiger partial charge in [0.15, 0.2) is 0 Å². The van der Waals surface area contributed by atoms with Gasteiger partial charge in [0.1, 0.15) is 17.0 Å². The molecule has 2 amide bonds. The zero-order valence-corrected chi connectivity index (χ0v) is 10.9. The van der Waals surface area contributed by atoms with Crippen molar-refractivity contribution in [3.05, 3.63) is 18.2 Å². The third-order valence-corrected chi connectivity index (χ3v) is 2.49. The molecule has 0 saturated carbocycles. The van der Waals surface area contributed by atoms with E-state index in [1.807, 2.05) is 0 Å². The molecule has 0 fully saturated rings. The van der Waals surface area contributed by atoms with Crippen LogP contribution in [0.4, 0.5) is 11.6 Å². The van der Waals surface area contributed by atoms with E-state index in [4.69, 9.17) is 9.15 Å². The predicted molar refractivity (Wildman–Crippen MR) is 71.4 cm³/mol. The number of hydrogen-bond acceptors (Lipinski definition) is 4. The van der Waals surface area contributed by atoms with Gasteiger partial charge in [-0.25, -0.2) is 0 Å². The van der Waals surface area contributed by atoms with Crippen LogP contribution in [0.15, 0.2) is 22.6 Å². The Hall–Kier alpha value is -2.50. The minimum absolute atomic E-state index is 0.214. The van der Waals surface area contributed by atoms with Crippen molar-refractivity contribution in [1.82, 2.24) is 0 Å². The molecule has 2 rings (SSSR count). The van der Waals surface area contributed by atoms with Crippen LogP contribution in [0.1, 0.15) is 13.8 Å². The Bertz CT molecular complexity index is 645. The maximum atomic E-state index is 11.3. The number of carbonyl (C=O) groups excluding carboxylic acids is 2. The van der Waals surface area contributed by atoms with Crippen molar-refractivity contribution < 1.29 is 18.7 Å². The van der Waals surface area contributed by atoms with E-state index in [1.165, 1.54) is 13.8 Å². The van der Waals surface area contributed by atoms with Gasteiger partial charge in [0.05, 0.1) is 12.5 Å². The standard InChI is InChI=1S/C13H14N2O4/c1-7(16)14-12-10-6-9(18-3)4-5-11(10)19-13(12)15-8(2)17/h4-6H,1-3H3,(H,14,16)(H,15,17). The van der Waals surface area contributed by atoms with Gasteiger partial charge in [0.2, 0.25) is 17.7 Å². The lowest BCUT2D eigenvalue weighted by molar-refractivity contribution is -0.115. The van der Waals surface area contributed by atoms with Gasteiger partial charge in [-0.15, -0.1) is 0 Å². The van der Waals surface area contributed by atoms with Gasteiger partial charge in [-0.1, -0.05) is 0 Å². The summed E-state index contributed by atoms with van der Waals surface area (Å²) in [4.78, 5) is 22.4. The second kappa shape index (κ2) is 5.01. The van der Waals surface area contributed by atoms with Gasteiger partial charge < -0.3 is 14.5 Å². The molecule has 0 unspecified atom stereocenters. The lowest BCUT2D eigenvalue weighted by Crippen LogP contribution is -2.10. The number of carbonyl (C=O) groups is 2. The molecule has 1 aromatic carbocycles. The third kappa shape index (κ3) is 2.67. The number of amides is 2. The second-order valence-electron chi connectivity index (χ2n) is 4.03. The summed E-state index contributed by atoms with van der Waals surface area (Å²) < 4.78 is 10.6. The average Bonchev–Trinajstić information content (AvgIpc) is 2.65. The first-order chi connectivity index (χ1) is 9.01. The van der Waals surface area contributed by atoms with Crippen LogP contribution in [0.3, 0.4) is 0 Å². The van der Waals surface area contributed by atoms with E-state index >= 15 is 0 Å². The van der Waals surface area contributed by atoms with Gasteiger partial charge in [0.25, 0.3) is 0 Å². The topological polar surface area (TPSA) is 80.6 Å². The van der Waals surface area contributed by atoms with Crippen molar-refractivity contribution >= 4 is 34.4 Å². The van der Waals surface area contributed by atoms with Gasteiger partial charge in [-0.3, -0.25) is 14.9 Å². The van der Waals surface area contributed by atoms with E-state index < -0.39 is 0 Å². The highest BCUT2D eigenvalue weighted by molar-refractivity contribution is 6.07. The molecule has 0 aliphatic carbocycles. The Kier molecular flexibility index (Phi) is 3.41. The SMILES string of the molecule is COc1ccc2oc(NC(C)=O)c(NC(C)=O)c2c1. The third-order valence-electron chi connectivity index (χ3n) is 2.49. The number of hydrogen-bond donors (Lipinski definition) is 2. The summed E-state index contributed by atoms with van der Waals surface area (Å²) in [6.07, 6.45) is 0. The smallest absolute Gasteiger partial charge is 0.224 e. The van der Waals surface area contributed by atoms with Crippen LogP contribution in [0.25, 0.3) is 11.0 Å². The number of rotatable bonds is 3. The molecule has 0 bridgehead atoms. The van der Waals surface area contributed by atoms with Crippen LogP contribution in [-0.2, 0) is 9.59 Å². The van der Waals surface area contributed by atoms with Gasteiger partial charge >= 0.3 is 0 Å². The molecule has 1 aromatic heterocycles. The number of nitrogens with one attached hydrogen (secondary N) is 2. The van der Waals surface area contributed by atoms with Crippen LogP contribution in [0.5, 0.6) is 5.75 Å². The summed E-state index contributed by atoms with van der Waals surface area (Å²) in [5.74, 6) is 0.315. The van der Waals surface area contributed by atoms with Crippen LogP contribution in [0, 0.1) is 0 Å². The Morgan fingerprint density at radius 3 is 2.42 bits per heavy atom. The summed E-state index contributed by atoms with van der Waals surface area (Å²) in [6.45, 7) is 2.75. The highest BCUT2D eigenvalue weighted by atomic mass is 16.5. The molecule has 0 spiro atoms. The molecule has 1 heterocycles. The Morgan fingerprint density at radius 2 is 1.84 bits per heavy atom. The van der Waals surface area contributed by atoms with Gasteiger partial charge in [-0.05, 0) is 18.2 Å². The minimum Gasteiger partial charge on any atom is -0.497 e. The number of anilines is 2. The zero-order valence-electron chi connectivity index (χ0n) is 10.9. The first-order valence-corrected chi connectivity index (χ1v) is 5.67. The van der Waals surface area contributed by atoms with Crippen LogP contribution < -0.4 is 15.4 Å². The van der Waals surface area contributed by atoms with Crippen molar-refractivity contribution in [3.8, 4) is 5.75 Å². The molecular formula is C13H14N2O4. The summed E-state index contributed by atoms with van der Waals surface area (Å²) in [7, 11) is 1.55. The zero-order chi connectivity index (χ0) is 14.0. The van der Waals surface area contributed by atoms with E-state index in [2.05, 4.69) is 10.6 Å². The van der Waals surface area contributed by atoms with Crippen LogP contribution in [-0.4, -0.2) is 18.9 Å². The lowest BCUT2D eigenvalue weighted by Gasteiger charge is -2.04. The summed E-state index contributed by atoms with van der Waals surface area (Å²) in [5, 5.41) is 5.86. The molecule has 100 valence electrons. The summed E-state index contributed by atoms with van der Waals surface area (Å²) in [5.41, 5.74) is 0.977. The molecule has 0 radical (unpaired) electrons. The fourth-order valence-electron chi connectivity index (χ4n) is 1.75. The van der Waals surface area contributed by atoms with E-state index in [0.717, 1.165) is 0 Å². The maximum absolute atomic E-state index is 11.3. The lowest BCUT2D eigenvalue weighted by atomic mass is 10.2. The number of furan rings is 1. The second-order valence-corrected chi connectivity index (χ2v) is 4.03. The fraction of sp³-hybridized carbons (Fsp3) is 0.231. The van der Waals surface area contributed by atoms with Crippen molar-refractivity contribution in [2.75, 3.05) is 17.7 Å². The molecule has 2 N–H and O–H groups in total. The van der Waals surface area contributed by atoms with Gasteiger partial charge in [0, 0.05) is 13.8 Å². The first-order valence-electron chi connectivity index (χ1n) is 5.67. The molecule has 0 aliphatic heterocycles. The molecule has 19 heavy (non-hydrogen) atoms. The monoisotopic (exact) mass is 262 g/mol. The maximum Gasteiger partial charge on any atom is 0.224 e. The van der Waals surface area contributed by atoms with Crippen molar-refractivity contribution in [1.29, 1.82) is 0 Å². The molecule has 0 atom stereocenters. The highest BCUT2D eigenvalue weighted by Gasteiger charge is 2.16. The quantitative estimate of drug-likeness (QED) is 0.889. The predicted octanol–water partition coefficient (Wildman–Crippen LogP) is 2.36. The van der Waals surface area contributed by atoms with E-state index in [0.29, 0.717) is 22.4 Å². The van der Waals surface area contributed by atoms with Gasteiger partial charge in [-0.2, -0.15) is 0 Å². The summed E-state index contributed by atoms with van der Waals surface area (Å²) >= 11 is 0. The molecule has 6 nitrogen and oxygen atoms in total. The normalized spacial score (nSPS) is 10.3.